The summed E-state index contributed by atoms with van der Waals surface area (Å²) in [6, 6.07) is 27.5. The van der Waals surface area contributed by atoms with Gasteiger partial charge in [-0.3, -0.25) is 4.67 Å². The number of fused-ring (bicyclic) bond motifs is 3. The molecule has 0 saturated heterocycles. The Balaban J connectivity index is 1.63. The molecule has 0 aromatic heterocycles. The largest absolute Gasteiger partial charge is 0.544 e. The first-order valence-electron chi connectivity index (χ1n) is 9.93. The Hall–Kier alpha value is -3.23. The predicted molar refractivity (Wildman–Crippen MR) is 121 cm³/mol. The van der Waals surface area contributed by atoms with E-state index in [0.717, 1.165) is 33.2 Å². The summed E-state index contributed by atoms with van der Waals surface area (Å²) < 4.78 is 28.0. The van der Waals surface area contributed by atoms with Gasteiger partial charge in [0.05, 0.1) is 6.54 Å². The van der Waals surface area contributed by atoms with Gasteiger partial charge in [0, 0.05) is 11.3 Å². The van der Waals surface area contributed by atoms with E-state index in [0.29, 0.717) is 18.0 Å². The van der Waals surface area contributed by atoms with E-state index in [1.807, 2.05) is 86.6 Å². The first-order valence-corrected chi connectivity index (χ1v) is 11.4. The summed E-state index contributed by atoms with van der Waals surface area (Å²) in [5.74, 6) is 1.12. The van der Waals surface area contributed by atoms with Crippen LogP contribution in [0.4, 0.5) is 5.69 Å². The maximum absolute atomic E-state index is 14.1. The molecule has 0 radical (unpaired) electrons. The van der Waals surface area contributed by atoms with Gasteiger partial charge in [-0.25, -0.2) is 4.57 Å². The van der Waals surface area contributed by atoms with E-state index in [2.05, 4.69) is 12.1 Å². The van der Waals surface area contributed by atoms with Gasteiger partial charge >= 0.3 is 7.75 Å². The maximum Gasteiger partial charge on any atom is 0.544 e. The van der Waals surface area contributed by atoms with Crippen LogP contribution in [0.2, 0.25) is 0 Å². The van der Waals surface area contributed by atoms with E-state index in [1.165, 1.54) is 0 Å². The Labute approximate surface area is 176 Å². The predicted octanol–water partition coefficient (Wildman–Crippen LogP) is 7.04. The monoisotopic (exact) mass is 415 g/mol. The van der Waals surface area contributed by atoms with Crippen LogP contribution in [0.25, 0.3) is 10.8 Å². The van der Waals surface area contributed by atoms with Crippen LogP contribution in [-0.4, -0.2) is 0 Å². The van der Waals surface area contributed by atoms with Crippen LogP contribution in [0, 0.1) is 13.8 Å². The van der Waals surface area contributed by atoms with Crippen LogP contribution < -0.4 is 13.7 Å². The third-order valence-corrected chi connectivity index (χ3v) is 7.22. The molecule has 5 rings (SSSR count). The number of aryl methyl sites for hydroxylation is 2. The highest BCUT2D eigenvalue weighted by molar-refractivity contribution is 7.56. The van der Waals surface area contributed by atoms with Crippen molar-refractivity contribution in [3.63, 3.8) is 0 Å². The first kappa shape index (κ1) is 18.8. The van der Waals surface area contributed by atoms with Crippen LogP contribution in [0.15, 0.2) is 84.9 Å². The van der Waals surface area contributed by atoms with Crippen LogP contribution >= 0.6 is 7.75 Å². The number of nitrogens with zero attached hydrogens (tertiary/aromatic N) is 1. The Morgan fingerprint density at radius 3 is 2.23 bits per heavy atom. The second-order valence-electron chi connectivity index (χ2n) is 7.62. The fourth-order valence-electron chi connectivity index (χ4n) is 3.72. The summed E-state index contributed by atoms with van der Waals surface area (Å²) in [7, 11) is -3.67. The van der Waals surface area contributed by atoms with Crippen molar-refractivity contribution in [3.05, 3.63) is 102 Å². The summed E-state index contributed by atoms with van der Waals surface area (Å²) in [6.07, 6.45) is 0. The molecule has 150 valence electrons. The molecule has 1 unspecified atom stereocenters. The lowest BCUT2D eigenvalue weighted by Gasteiger charge is -2.36. The standard InChI is InChI=1S/C25H22NO3P/c1-18-7-12-21(13-8-18)26-17-24-23-6-4-3-5-20(23)11-16-25(24)29-30(26,27)28-22-14-9-19(2)10-15-22/h3-16H,17H2,1-2H3. The molecule has 5 heteroatoms. The van der Waals surface area contributed by atoms with Gasteiger partial charge in [0.15, 0.2) is 0 Å². The topological polar surface area (TPSA) is 38.8 Å². The third kappa shape index (κ3) is 3.34. The van der Waals surface area contributed by atoms with E-state index >= 15 is 0 Å². The number of hydrogen-bond acceptors (Lipinski definition) is 3. The molecule has 1 aliphatic rings. The first-order chi connectivity index (χ1) is 14.5. The third-order valence-electron chi connectivity index (χ3n) is 5.39. The van der Waals surface area contributed by atoms with Gasteiger partial charge in [0.1, 0.15) is 11.5 Å². The number of hydrogen-bond donors (Lipinski definition) is 0. The molecule has 1 heterocycles. The lowest BCUT2D eigenvalue weighted by Crippen LogP contribution is -2.29. The fraction of sp³-hybridized carbons (Fsp3) is 0.120. The second kappa shape index (κ2) is 7.23. The molecule has 0 amide bonds. The average Bonchev–Trinajstić information content (AvgIpc) is 2.75. The zero-order chi connectivity index (χ0) is 20.7. The summed E-state index contributed by atoms with van der Waals surface area (Å²) in [4.78, 5) is 0. The van der Waals surface area contributed by atoms with Gasteiger partial charge in [0.2, 0.25) is 0 Å². The van der Waals surface area contributed by atoms with Crippen LogP contribution in [-0.2, 0) is 11.1 Å². The maximum atomic E-state index is 14.1. The van der Waals surface area contributed by atoms with E-state index in [9.17, 15) is 4.57 Å². The van der Waals surface area contributed by atoms with Crippen LogP contribution in [0.1, 0.15) is 16.7 Å². The molecular weight excluding hydrogens is 393 g/mol. The fourth-order valence-corrected chi connectivity index (χ4v) is 5.50. The molecule has 0 aliphatic carbocycles. The normalized spacial score (nSPS) is 18.0. The molecule has 1 aliphatic heterocycles. The minimum atomic E-state index is -3.67. The van der Waals surface area contributed by atoms with E-state index in [-0.39, 0.29) is 0 Å². The summed E-state index contributed by atoms with van der Waals surface area (Å²) in [5, 5.41) is 2.22. The molecule has 0 bridgehead atoms. The van der Waals surface area contributed by atoms with Gasteiger partial charge in [-0.15, -0.1) is 0 Å². The minimum Gasteiger partial charge on any atom is -0.400 e. The molecule has 4 aromatic rings. The molecule has 1 atom stereocenters. The van der Waals surface area contributed by atoms with E-state index < -0.39 is 7.75 Å². The molecule has 4 aromatic carbocycles. The van der Waals surface area contributed by atoms with Crippen molar-refractivity contribution < 1.29 is 13.6 Å². The number of rotatable bonds is 3. The van der Waals surface area contributed by atoms with Gasteiger partial charge in [0.25, 0.3) is 0 Å². The molecular formula is C25H22NO3P. The minimum absolute atomic E-state index is 0.433. The van der Waals surface area contributed by atoms with E-state index in [1.54, 1.807) is 4.67 Å². The SMILES string of the molecule is Cc1ccc(OP2(=O)Oc3ccc4ccccc4c3CN2c2ccc(C)cc2)cc1. The van der Waals surface area contributed by atoms with Crippen molar-refractivity contribution in [2.75, 3.05) is 4.67 Å². The van der Waals surface area contributed by atoms with Crippen molar-refractivity contribution in [1.29, 1.82) is 0 Å². The van der Waals surface area contributed by atoms with Crippen molar-refractivity contribution in [1.82, 2.24) is 0 Å². The molecule has 0 N–H and O–H groups in total. The summed E-state index contributed by atoms with van der Waals surface area (Å²) in [6.45, 7) is 4.47. The van der Waals surface area contributed by atoms with Gasteiger partial charge in [-0.1, -0.05) is 65.7 Å². The van der Waals surface area contributed by atoms with Crippen LogP contribution in [0.5, 0.6) is 11.5 Å². The van der Waals surface area contributed by atoms with Crippen molar-refractivity contribution in [3.8, 4) is 11.5 Å². The van der Waals surface area contributed by atoms with Crippen LogP contribution in [0.3, 0.4) is 0 Å². The molecule has 0 spiro atoms. The molecule has 30 heavy (non-hydrogen) atoms. The Bertz CT molecular complexity index is 1270. The second-order valence-corrected chi connectivity index (χ2v) is 9.41. The highest BCUT2D eigenvalue weighted by Gasteiger charge is 2.42. The molecule has 0 saturated carbocycles. The van der Waals surface area contributed by atoms with Gasteiger partial charge in [-0.05, 0) is 55.0 Å². The van der Waals surface area contributed by atoms with Crippen molar-refractivity contribution in [2.24, 2.45) is 0 Å². The number of benzene rings is 4. The Morgan fingerprint density at radius 1 is 0.833 bits per heavy atom. The smallest absolute Gasteiger partial charge is 0.400 e. The Kier molecular flexibility index (Phi) is 4.52. The molecule has 0 fully saturated rings. The highest BCUT2D eigenvalue weighted by Crippen LogP contribution is 2.59. The number of anilines is 1. The summed E-state index contributed by atoms with van der Waals surface area (Å²) >= 11 is 0. The van der Waals surface area contributed by atoms with Crippen molar-refractivity contribution in [2.45, 2.75) is 20.4 Å². The lowest BCUT2D eigenvalue weighted by atomic mass is 10.0. The van der Waals surface area contributed by atoms with E-state index in [4.69, 9.17) is 9.05 Å². The Morgan fingerprint density at radius 2 is 1.50 bits per heavy atom. The summed E-state index contributed by atoms with van der Waals surface area (Å²) in [5.41, 5.74) is 4.05. The van der Waals surface area contributed by atoms with Gasteiger partial charge < -0.3 is 9.05 Å². The van der Waals surface area contributed by atoms with Crippen molar-refractivity contribution >= 4 is 24.2 Å². The zero-order valence-corrected chi connectivity index (χ0v) is 17.8. The molecule has 4 nitrogen and oxygen atoms in total. The zero-order valence-electron chi connectivity index (χ0n) is 16.9. The van der Waals surface area contributed by atoms with Gasteiger partial charge in [-0.2, -0.15) is 0 Å². The highest BCUT2D eigenvalue weighted by atomic mass is 31.2. The quantitative estimate of drug-likeness (QED) is 0.336. The lowest BCUT2D eigenvalue weighted by molar-refractivity contribution is 0.371. The average molecular weight is 415 g/mol.